The van der Waals surface area contributed by atoms with Gasteiger partial charge in [0.2, 0.25) is 0 Å². The predicted molar refractivity (Wildman–Crippen MR) is 153 cm³/mol. The molecule has 46 heavy (non-hydrogen) atoms. The molecule has 0 spiro atoms. The summed E-state index contributed by atoms with van der Waals surface area (Å²) in [5.41, 5.74) is 2.24. The Bertz CT molecular complexity index is 1550. The van der Waals surface area contributed by atoms with Crippen molar-refractivity contribution >= 4 is 29.4 Å². The Labute approximate surface area is 261 Å². The Balaban J connectivity index is 1.58. The van der Waals surface area contributed by atoms with Crippen molar-refractivity contribution in [1.29, 1.82) is 5.26 Å². The number of carbonyl (C=O) groups is 3. The third-order valence-electron chi connectivity index (χ3n) is 7.80. The summed E-state index contributed by atoms with van der Waals surface area (Å²) >= 11 is 0. The van der Waals surface area contributed by atoms with Gasteiger partial charge in [-0.15, -0.1) is 0 Å². The maximum atomic E-state index is 14.4. The molecule has 2 aromatic rings. The number of ether oxygens (including phenoxy) is 2. The maximum absolute atomic E-state index is 14.4. The number of hydrogen-bond donors (Lipinski definition) is 1. The predicted octanol–water partition coefficient (Wildman–Crippen LogP) is 4.82. The van der Waals surface area contributed by atoms with Crippen LogP contribution in [0.15, 0.2) is 41.4 Å². The maximum Gasteiger partial charge on any atom is 0.416 e. The zero-order valence-corrected chi connectivity index (χ0v) is 25.1. The first kappa shape index (κ1) is 34.3. The standard InChI is InChI=1S/C30H31F5N6O5/c1-4-40(38-20-9-11-39(12-10-20)24-8-6-19(30(33,34)35)13-18(24)15-36)29(44)41-26(17-5-7-21(31)22(32)14-17)25(27(42)46-3)23(16-45-2)37-28(41)43/h5-8,13-14,20,25-26,38H,4,9-12,16H2,1-3H3. The first-order valence-corrected chi connectivity index (χ1v) is 14.2. The molecule has 11 nitrogen and oxygen atoms in total. The molecule has 0 bridgehead atoms. The first-order valence-electron chi connectivity index (χ1n) is 14.2. The smallest absolute Gasteiger partial charge is 0.416 e. The molecule has 2 unspecified atom stereocenters. The number of piperidine rings is 1. The number of urea groups is 2. The number of hydrazine groups is 1. The highest BCUT2D eigenvalue weighted by atomic mass is 19.4. The second-order valence-electron chi connectivity index (χ2n) is 10.6. The second kappa shape index (κ2) is 14.2. The van der Waals surface area contributed by atoms with Gasteiger partial charge in [-0.3, -0.25) is 9.80 Å². The quantitative estimate of drug-likeness (QED) is 0.245. The molecule has 1 saturated heterocycles. The van der Waals surface area contributed by atoms with Crippen LogP contribution in [0, 0.1) is 28.9 Å². The molecule has 4 amide bonds. The van der Waals surface area contributed by atoms with Gasteiger partial charge in [0.1, 0.15) is 12.0 Å². The number of imide groups is 1. The number of anilines is 1. The molecule has 2 aromatic carbocycles. The van der Waals surface area contributed by atoms with Crippen LogP contribution in [0.4, 0.5) is 37.2 Å². The second-order valence-corrected chi connectivity index (χ2v) is 10.6. The number of carbonyl (C=O) groups excluding carboxylic acids is 3. The van der Waals surface area contributed by atoms with Crippen molar-refractivity contribution in [3.05, 3.63) is 64.7 Å². The van der Waals surface area contributed by atoms with Gasteiger partial charge in [0.25, 0.3) is 0 Å². The van der Waals surface area contributed by atoms with Crippen LogP contribution >= 0.6 is 0 Å². The van der Waals surface area contributed by atoms with E-state index in [4.69, 9.17) is 9.47 Å². The summed E-state index contributed by atoms with van der Waals surface area (Å²) in [6.07, 6.45) is -3.79. The van der Waals surface area contributed by atoms with Gasteiger partial charge in [0.15, 0.2) is 11.6 Å². The number of benzene rings is 2. The van der Waals surface area contributed by atoms with Crippen molar-refractivity contribution in [1.82, 2.24) is 15.3 Å². The van der Waals surface area contributed by atoms with Crippen molar-refractivity contribution in [2.45, 2.75) is 38.0 Å². The lowest BCUT2D eigenvalue weighted by Gasteiger charge is -2.41. The van der Waals surface area contributed by atoms with E-state index in [1.165, 1.54) is 13.2 Å². The zero-order chi connectivity index (χ0) is 33.8. The van der Waals surface area contributed by atoms with Gasteiger partial charge in [0.05, 0.1) is 42.3 Å². The third kappa shape index (κ3) is 7.10. The number of hydrogen-bond acceptors (Lipinski definition) is 8. The van der Waals surface area contributed by atoms with Crippen LogP contribution in [0.2, 0.25) is 0 Å². The van der Waals surface area contributed by atoms with Gasteiger partial charge in [-0.2, -0.15) is 23.4 Å². The molecule has 2 aliphatic rings. The molecular formula is C30H31F5N6O5. The Kier molecular flexibility index (Phi) is 10.6. The number of amides is 4. The Morgan fingerprint density at radius 2 is 1.80 bits per heavy atom. The summed E-state index contributed by atoms with van der Waals surface area (Å²) in [6.45, 7) is 2.04. The Morgan fingerprint density at radius 1 is 1.11 bits per heavy atom. The topological polar surface area (TPSA) is 128 Å². The molecule has 0 saturated carbocycles. The van der Waals surface area contributed by atoms with Gasteiger partial charge < -0.3 is 14.4 Å². The largest absolute Gasteiger partial charge is 0.468 e. The number of nitrogens with zero attached hydrogens (tertiary/aromatic N) is 5. The van der Waals surface area contributed by atoms with Gasteiger partial charge >= 0.3 is 24.2 Å². The molecule has 1 N–H and O–H groups in total. The summed E-state index contributed by atoms with van der Waals surface area (Å²) < 4.78 is 77.7. The molecule has 0 aliphatic carbocycles. The number of esters is 1. The first-order chi connectivity index (χ1) is 21.8. The van der Waals surface area contributed by atoms with Crippen molar-refractivity contribution in [2.24, 2.45) is 10.9 Å². The fourth-order valence-corrected chi connectivity index (χ4v) is 5.56. The lowest BCUT2D eigenvalue weighted by molar-refractivity contribution is -0.144. The molecule has 2 heterocycles. The van der Waals surface area contributed by atoms with Crippen LogP contribution in [-0.4, -0.2) is 80.2 Å². The highest BCUT2D eigenvalue weighted by Crippen LogP contribution is 2.37. The highest BCUT2D eigenvalue weighted by molar-refractivity contribution is 6.12. The number of methoxy groups -OCH3 is 2. The normalized spacial score (nSPS) is 19.0. The summed E-state index contributed by atoms with van der Waals surface area (Å²) in [5, 5.41) is 10.6. The minimum atomic E-state index is -4.59. The zero-order valence-electron chi connectivity index (χ0n) is 25.1. The minimum absolute atomic E-state index is 0.0301. The highest BCUT2D eigenvalue weighted by Gasteiger charge is 2.48. The molecule has 2 atom stereocenters. The van der Waals surface area contributed by atoms with Crippen molar-refractivity contribution in [3.8, 4) is 6.07 Å². The van der Waals surface area contributed by atoms with E-state index in [1.807, 2.05) is 6.07 Å². The average molecular weight is 651 g/mol. The Morgan fingerprint density at radius 3 is 2.37 bits per heavy atom. The van der Waals surface area contributed by atoms with Gasteiger partial charge in [0, 0.05) is 32.8 Å². The van der Waals surface area contributed by atoms with Gasteiger partial charge in [-0.25, -0.2) is 28.7 Å². The van der Waals surface area contributed by atoms with Gasteiger partial charge in [-0.05, 0) is 55.7 Å². The van der Waals surface area contributed by atoms with Crippen LogP contribution in [0.1, 0.15) is 42.5 Å². The summed E-state index contributed by atoms with van der Waals surface area (Å²) in [6, 6.07) is 3.76. The number of alkyl halides is 3. The number of nitrogens with one attached hydrogen (secondary N) is 1. The molecule has 1 fully saturated rings. The van der Waals surface area contributed by atoms with E-state index in [1.54, 1.807) is 11.8 Å². The third-order valence-corrected chi connectivity index (χ3v) is 7.80. The molecule has 4 rings (SSSR count). The van der Waals surface area contributed by atoms with Gasteiger partial charge in [-0.1, -0.05) is 6.07 Å². The molecule has 246 valence electrons. The fourth-order valence-electron chi connectivity index (χ4n) is 5.56. The minimum Gasteiger partial charge on any atom is -0.468 e. The van der Waals surface area contributed by atoms with Crippen molar-refractivity contribution in [2.75, 3.05) is 45.4 Å². The molecule has 2 aliphatic heterocycles. The van der Waals surface area contributed by atoms with E-state index in [0.29, 0.717) is 36.5 Å². The fraction of sp³-hybridized carbons (Fsp3) is 0.433. The average Bonchev–Trinajstić information content (AvgIpc) is 3.03. The van der Waals surface area contributed by atoms with E-state index in [0.717, 1.165) is 42.5 Å². The molecular weight excluding hydrogens is 619 g/mol. The lowest BCUT2D eigenvalue weighted by Crippen LogP contribution is -2.59. The monoisotopic (exact) mass is 650 g/mol. The van der Waals surface area contributed by atoms with E-state index in [2.05, 4.69) is 10.4 Å². The van der Waals surface area contributed by atoms with Crippen LogP contribution in [0.3, 0.4) is 0 Å². The van der Waals surface area contributed by atoms with E-state index >= 15 is 0 Å². The Hall–Kier alpha value is -4.62. The number of aliphatic imine (C=N–C) groups is 1. The van der Waals surface area contributed by atoms with E-state index in [9.17, 15) is 41.6 Å². The summed E-state index contributed by atoms with van der Waals surface area (Å²) in [7, 11) is 2.40. The van der Waals surface area contributed by atoms with Crippen molar-refractivity contribution < 1.29 is 45.8 Å². The molecule has 16 heteroatoms. The van der Waals surface area contributed by atoms with Crippen LogP contribution in [-0.2, 0) is 20.4 Å². The van der Waals surface area contributed by atoms with E-state index in [-0.39, 0.29) is 36.0 Å². The molecule has 0 radical (unpaired) electrons. The summed E-state index contributed by atoms with van der Waals surface area (Å²) in [5.74, 6) is -4.72. The van der Waals surface area contributed by atoms with E-state index < -0.39 is 53.4 Å². The SMILES string of the molecule is CCN(NC1CCN(c2ccc(C(F)(F)F)cc2C#N)CC1)C(=O)N1C(=O)N=C(COC)C(C(=O)OC)C1c1ccc(F)c(F)c1. The van der Waals surface area contributed by atoms with Crippen molar-refractivity contribution in [3.63, 3.8) is 0 Å². The van der Waals surface area contributed by atoms with Crippen LogP contribution < -0.4 is 10.3 Å². The van der Waals surface area contributed by atoms with Crippen LogP contribution in [0.5, 0.6) is 0 Å². The number of halogens is 5. The number of nitriles is 1. The molecule has 0 aromatic heterocycles. The van der Waals surface area contributed by atoms with Crippen LogP contribution in [0.25, 0.3) is 0 Å². The summed E-state index contributed by atoms with van der Waals surface area (Å²) in [4.78, 5) is 46.7. The lowest BCUT2D eigenvalue weighted by atomic mass is 9.86. The number of rotatable bonds is 8.